The second-order valence-electron chi connectivity index (χ2n) is 6.73. The topological polar surface area (TPSA) is 52.7 Å². The summed E-state index contributed by atoms with van der Waals surface area (Å²) in [6.07, 6.45) is 4.70. The van der Waals surface area contributed by atoms with Crippen LogP contribution in [0.4, 0.5) is 0 Å². The molecular weight excluding hydrogens is 383 g/mol. The van der Waals surface area contributed by atoms with Crippen molar-refractivity contribution in [3.05, 3.63) is 87.1 Å². The van der Waals surface area contributed by atoms with E-state index < -0.39 is 5.54 Å². The van der Waals surface area contributed by atoms with Gasteiger partial charge in [-0.15, -0.1) is 0 Å². The lowest BCUT2D eigenvalue weighted by atomic mass is 9.94. The van der Waals surface area contributed by atoms with Crippen LogP contribution in [0, 0.1) is 0 Å². The van der Waals surface area contributed by atoms with Crippen LogP contribution in [0.15, 0.2) is 65.8 Å². The highest BCUT2D eigenvalue weighted by atomic mass is 35.5. The van der Waals surface area contributed by atoms with Crippen LogP contribution in [0.5, 0.6) is 0 Å². The molecule has 0 amide bonds. The van der Waals surface area contributed by atoms with Gasteiger partial charge in [-0.2, -0.15) is 5.10 Å². The van der Waals surface area contributed by atoms with Crippen molar-refractivity contribution in [1.82, 2.24) is 19.3 Å². The van der Waals surface area contributed by atoms with Gasteiger partial charge in [-0.1, -0.05) is 53.5 Å². The van der Waals surface area contributed by atoms with Crippen molar-refractivity contribution in [2.45, 2.75) is 19.4 Å². The lowest BCUT2D eigenvalue weighted by Crippen LogP contribution is -2.29. The maximum absolute atomic E-state index is 13.1. The van der Waals surface area contributed by atoms with E-state index in [1.807, 2.05) is 41.1 Å². The lowest BCUT2D eigenvalue weighted by molar-refractivity contribution is 0.404. The Labute approximate surface area is 165 Å². The molecule has 0 unspecified atom stereocenters. The van der Waals surface area contributed by atoms with Gasteiger partial charge in [0.2, 0.25) is 0 Å². The van der Waals surface area contributed by atoms with Gasteiger partial charge in [-0.3, -0.25) is 14.0 Å². The Hall–Kier alpha value is -2.63. The highest BCUT2D eigenvalue weighted by Gasteiger charge is 2.26. The third-order valence-electron chi connectivity index (χ3n) is 4.71. The summed E-state index contributed by atoms with van der Waals surface area (Å²) in [5.74, 6) is 0. The maximum Gasteiger partial charge on any atom is 0.266 e. The molecule has 4 rings (SSSR count). The first-order valence-corrected chi connectivity index (χ1v) is 9.12. The first-order valence-electron chi connectivity index (χ1n) is 8.36. The van der Waals surface area contributed by atoms with Crippen LogP contribution in [-0.2, 0) is 5.54 Å². The van der Waals surface area contributed by atoms with Crippen LogP contribution < -0.4 is 5.56 Å². The molecule has 0 bridgehead atoms. The molecule has 7 heteroatoms. The molecule has 136 valence electrons. The van der Waals surface area contributed by atoms with Gasteiger partial charge in [0.1, 0.15) is 5.15 Å². The molecule has 5 nitrogen and oxygen atoms in total. The first kappa shape index (κ1) is 17.8. The zero-order valence-corrected chi connectivity index (χ0v) is 16.2. The number of benzene rings is 1. The fourth-order valence-electron chi connectivity index (χ4n) is 3.22. The van der Waals surface area contributed by atoms with E-state index in [2.05, 4.69) is 23.9 Å². The summed E-state index contributed by atoms with van der Waals surface area (Å²) in [6, 6.07) is 13.5. The molecule has 0 saturated heterocycles. The molecule has 3 aromatic heterocycles. The highest BCUT2D eigenvalue weighted by Crippen LogP contribution is 2.28. The van der Waals surface area contributed by atoms with Crippen LogP contribution in [0.1, 0.15) is 19.4 Å². The summed E-state index contributed by atoms with van der Waals surface area (Å²) in [6.45, 7) is 4.14. The van der Waals surface area contributed by atoms with Crippen LogP contribution in [-0.4, -0.2) is 19.3 Å². The van der Waals surface area contributed by atoms with Crippen LogP contribution in [0.2, 0.25) is 10.2 Å². The molecule has 0 N–H and O–H groups in total. The molecule has 0 spiro atoms. The fraction of sp³-hybridized carbons (Fsp3) is 0.150. The number of hydrogen-bond donors (Lipinski definition) is 0. The molecule has 1 aromatic carbocycles. The molecule has 0 radical (unpaired) electrons. The normalized spacial score (nSPS) is 11.9. The van der Waals surface area contributed by atoms with Gasteiger partial charge in [-0.25, -0.2) is 4.98 Å². The maximum atomic E-state index is 13.1. The number of hydrogen-bond acceptors (Lipinski definition) is 3. The number of rotatable bonds is 3. The Morgan fingerprint density at radius 1 is 1.04 bits per heavy atom. The van der Waals surface area contributed by atoms with Crippen molar-refractivity contribution >= 4 is 34.1 Å². The average molecular weight is 399 g/mol. The predicted octanol–water partition coefficient (Wildman–Crippen LogP) is 4.67. The second-order valence-corrected chi connectivity index (χ2v) is 7.52. The monoisotopic (exact) mass is 398 g/mol. The standard InChI is InChI=1S/C20H16Cl2N4O/c1-20(2,13-6-4-3-5-7-13)26-16-8-9-25(19(27)14(16)11-24-26)17-10-18(22)23-12-15(17)21/h3-12H,1-2H3. The molecule has 0 aliphatic heterocycles. The quantitative estimate of drug-likeness (QED) is 0.471. The molecule has 0 aliphatic rings. The largest absolute Gasteiger partial charge is 0.282 e. The molecule has 0 aliphatic carbocycles. The number of halogens is 2. The van der Waals surface area contributed by atoms with Gasteiger partial charge in [0.15, 0.2) is 0 Å². The van der Waals surface area contributed by atoms with E-state index in [-0.39, 0.29) is 10.7 Å². The summed E-state index contributed by atoms with van der Waals surface area (Å²) in [7, 11) is 0. The van der Waals surface area contributed by atoms with Crippen molar-refractivity contribution in [2.24, 2.45) is 0 Å². The SMILES string of the molecule is CC(C)(c1ccccc1)n1ncc2c(=O)n(-c3cc(Cl)ncc3Cl)ccc21. The van der Waals surface area contributed by atoms with E-state index in [1.54, 1.807) is 18.5 Å². The van der Waals surface area contributed by atoms with Crippen molar-refractivity contribution in [2.75, 3.05) is 0 Å². The summed E-state index contributed by atoms with van der Waals surface area (Å²) < 4.78 is 3.32. The van der Waals surface area contributed by atoms with Gasteiger partial charge in [0.25, 0.3) is 5.56 Å². The molecule has 0 atom stereocenters. The van der Waals surface area contributed by atoms with E-state index in [0.717, 1.165) is 11.1 Å². The summed E-state index contributed by atoms with van der Waals surface area (Å²) in [5, 5.41) is 5.63. The van der Waals surface area contributed by atoms with Crippen molar-refractivity contribution in [3.63, 3.8) is 0 Å². The van der Waals surface area contributed by atoms with E-state index >= 15 is 0 Å². The molecule has 4 aromatic rings. The predicted molar refractivity (Wildman–Crippen MR) is 108 cm³/mol. The van der Waals surface area contributed by atoms with Gasteiger partial charge in [0, 0.05) is 18.5 Å². The van der Waals surface area contributed by atoms with E-state index in [1.165, 1.54) is 10.8 Å². The number of nitrogens with zero attached hydrogens (tertiary/aromatic N) is 4. The highest BCUT2D eigenvalue weighted by molar-refractivity contribution is 6.33. The molecular formula is C20H16Cl2N4O. The number of aromatic nitrogens is 4. The zero-order valence-electron chi connectivity index (χ0n) is 14.7. The minimum absolute atomic E-state index is 0.216. The van der Waals surface area contributed by atoms with Crippen molar-refractivity contribution < 1.29 is 0 Å². The Morgan fingerprint density at radius 2 is 1.78 bits per heavy atom. The van der Waals surface area contributed by atoms with Crippen molar-refractivity contribution in [3.8, 4) is 5.69 Å². The van der Waals surface area contributed by atoms with Gasteiger partial charge in [0.05, 0.1) is 33.3 Å². The smallest absolute Gasteiger partial charge is 0.266 e. The minimum atomic E-state index is -0.417. The number of fused-ring (bicyclic) bond motifs is 1. The van der Waals surface area contributed by atoms with E-state index in [0.29, 0.717) is 16.1 Å². The van der Waals surface area contributed by atoms with Crippen LogP contribution in [0.25, 0.3) is 16.6 Å². The summed E-state index contributed by atoms with van der Waals surface area (Å²) in [4.78, 5) is 17.0. The minimum Gasteiger partial charge on any atom is -0.282 e. The molecule has 3 heterocycles. The lowest BCUT2D eigenvalue weighted by Gasteiger charge is -2.27. The third kappa shape index (κ3) is 2.93. The van der Waals surface area contributed by atoms with E-state index in [4.69, 9.17) is 23.2 Å². The van der Waals surface area contributed by atoms with Crippen LogP contribution in [0.3, 0.4) is 0 Å². The third-order valence-corrected chi connectivity index (χ3v) is 5.21. The Balaban J connectivity index is 1.91. The summed E-state index contributed by atoms with van der Waals surface area (Å²) >= 11 is 12.2. The Morgan fingerprint density at radius 3 is 2.52 bits per heavy atom. The van der Waals surface area contributed by atoms with Gasteiger partial charge >= 0.3 is 0 Å². The second kappa shape index (κ2) is 6.51. The van der Waals surface area contributed by atoms with Crippen LogP contribution >= 0.6 is 23.2 Å². The van der Waals surface area contributed by atoms with Gasteiger partial charge in [-0.05, 0) is 25.5 Å². The fourth-order valence-corrected chi connectivity index (χ4v) is 3.56. The summed E-state index contributed by atoms with van der Waals surface area (Å²) in [5.41, 5.74) is 1.70. The molecule has 0 saturated carbocycles. The Bertz CT molecular complexity index is 1200. The number of pyridine rings is 2. The van der Waals surface area contributed by atoms with Crippen molar-refractivity contribution in [1.29, 1.82) is 0 Å². The first-order chi connectivity index (χ1) is 12.9. The van der Waals surface area contributed by atoms with E-state index in [9.17, 15) is 4.79 Å². The molecule has 27 heavy (non-hydrogen) atoms. The van der Waals surface area contributed by atoms with Gasteiger partial charge < -0.3 is 0 Å². The molecule has 0 fully saturated rings. The average Bonchev–Trinajstić information content (AvgIpc) is 3.11. The Kier molecular flexibility index (Phi) is 4.29. The zero-order chi connectivity index (χ0) is 19.2.